The van der Waals surface area contributed by atoms with E-state index < -0.39 is 17.4 Å². The highest BCUT2D eigenvalue weighted by Crippen LogP contribution is 2.28. The molecule has 0 saturated carbocycles. The largest absolute Gasteiger partial charge is 0.479 e. The third-order valence-corrected chi connectivity index (χ3v) is 4.54. The monoisotopic (exact) mass is 388 g/mol. The number of nitrogens with one attached hydrogen (secondary N) is 2. The Morgan fingerprint density at radius 2 is 1.74 bits per heavy atom. The number of carboxylic acids is 1. The molecule has 1 atom stereocenters. The molecule has 2 aromatic carbocycles. The SMILES string of the molecule is CCC(=O)Nc1cccc(C(=O)NC(CC)(C(=O)O)c2ccc(Cl)cc2)c1. The lowest BCUT2D eigenvalue weighted by atomic mass is 9.87. The number of rotatable bonds is 7. The lowest BCUT2D eigenvalue weighted by Gasteiger charge is -2.30. The maximum absolute atomic E-state index is 12.8. The van der Waals surface area contributed by atoms with E-state index in [2.05, 4.69) is 10.6 Å². The first-order valence-corrected chi connectivity index (χ1v) is 8.92. The second-order valence-electron chi connectivity index (χ2n) is 6.01. The quantitative estimate of drug-likeness (QED) is 0.672. The van der Waals surface area contributed by atoms with Crippen LogP contribution in [0.1, 0.15) is 42.6 Å². The van der Waals surface area contributed by atoms with E-state index in [1.165, 1.54) is 6.07 Å². The molecule has 0 spiro atoms. The standard InChI is InChI=1S/C20H21ClN2O4/c1-3-17(24)22-16-7-5-6-13(12-16)18(25)23-20(4-2,19(26)27)14-8-10-15(21)11-9-14/h5-12H,3-4H2,1-2H3,(H,22,24)(H,23,25)(H,26,27). The van der Waals surface area contributed by atoms with Gasteiger partial charge in [-0.3, -0.25) is 9.59 Å². The lowest BCUT2D eigenvalue weighted by molar-refractivity contribution is -0.145. The lowest BCUT2D eigenvalue weighted by Crippen LogP contribution is -2.51. The van der Waals surface area contributed by atoms with Crippen LogP contribution in [-0.4, -0.2) is 22.9 Å². The van der Waals surface area contributed by atoms with Crippen molar-refractivity contribution in [3.05, 3.63) is 64.7 Å². The molecule has 0 aliphatic heterocycles. The summed E-state index contributed by atoms with van der Waals surface area (Å²) in [5, 5.41) is 15.6. The van der Waals surface area contributed by atoms with Gasteiger partial charge in [-0.15, -0.1) is 0 Å². The van der Waals surface area contributed by atoms with Gasteiger partial charge in [0, 0.05) is 22.7 Å². The molecule has 0 saturated heterocycles. The van der Waals surface area contributed by atoms with Gasteiger partial charge in [-0.1, -0.05) is 43.6 Å². The number of hydrogen-bond donors (Lipinski definition) is 3. The number of aliphatic carboxylic acids is 1. The molecule has 0 bridgehead atoms. The van der Waals surface area contributed by atoms with Crippen LogP contribution in [0.3, 0.4) is 0 Å². The van der Waals surface area contributed by atoms with Gasteiger partial charge in [-0.2, -0.15) is 0 Å². The van der Waals surface area contributed by atoms with Crippen molar-refractivity contribution >= 4 is 35.1 Å². The zero-order valence-electron chi connectivity index (χ0n) is 15.1. The molecule has 0 aliphatic carbocycles. The van der Waals surface area contributed by atoms with Crippen LogP contribution in [0.2, 0.25) is 5.02 Å². The highest BCUT2D eigenvalue weighted by molar-refractivity contribution is 6.30. The van der Waals surface area contributed by atoms with Crippen LogP contribution in [0, 0.1) is 0 Å². The molecular formula is C20H21ClN2O4. The average Bonchev–Trinajstić information content (AvgIpc) is 2.66. The van der Waals surface area contributed by atoms with E-state index in [1.54, 1.807) is 56.3 Å². The molecule has 2 aromatic rings. The normalized spacial score (nSPS) is 12.7. The predicted octanol–water partition coefficient (Wildman–Crippen LogP) is 3.81. The van der Waals surface area contributed by atoms with E-state index >= 15 is 0 Å². The fourth-order valence-corrected chi connectivity index (χ4v) is 2.81. The molecule has 0 fully saturated rings. The molecule has 27 heavy (non-hydrogen) atoms. The molecule has 0 heterocycles. The zero-order valence-corrected chi connectivity index (χ0v) is 15.8. The van der Waals surface area contributed by atoms with Crippen molar-refractivity contribution in [2.24, 2.45) is 0 Å². The molecular weight excluding hydrogens is 368 g/mol. The summed E-state index contributed by atoms with van der Waals surface area (Å²) in [4.78, 5) is 36.3. The molecule has 2 amide bonds. The number of carbonyl (C=O) groups is 3. The third kappa shape index (κ3) is 4.65. The van der Waals surface area contributed by atoms with Gasteiger partial charge in [0.15, 0.2) is 5.54 Å². The first kappa shape index (κ1) is 20.5. The van der Waals surface area contributed by atoms with Gasteiger partial charge in [-0.05, 0) is 42.3 Å². The molecule has 2 rings (SSSR count). The molecule has 6 nitrogen and oxygen atoms in total. The Kier molecular flexibility index (Phi) is 6.58. The van der Waals surface area contributed by atoms with Gasteiger partial charge in [0.25, 0.3) is 5.91 Å². The second kappa shape index (κ2) is 8.68. The van der Waals surface area contributed by atoms with Crippen molar-refractivity contribution in [3.63, 3.8) is 0 Å². The minimum Gasteiger partial charge on any atom is -0.479 e. The first-order valence-electron chi connectivity index (χ1n) is 8.54. The minimum atomic E-state index is -1.59. The molecule has 1 unspecified atom stereocenters. The van der Waals surface area contributed by atoms with E-state index in [9.17, 15) is 19.5 Å². The summed E-state index contributed by atoms with van der Waals surface area (Å²) in [6.07, 6.45) is 0.451. The van der Waals surface area contributed by atoms with Crippen molar-refractivity contribution < 1.29 is 19.5 Å². The predicted molar refractivity (Wildman–Crippen MR) is 104 cm³/mol. The summed E-state index contributed by atoms with van der Waals surface area (Å²) < 4.78 is 0. The number of carboxylic acid groups (broad SMARTS) is 1. The van der Waals surface area contributed by atoms with Crippen molar-refractivity contribution in [2.75, 3.05) is 5.32 Å². The molecule has 0 radical (unpaired) electrons. The number of carbonyl (C=O) groups excluding carboxylic acids is 2. The molecule has 142 valence electrons. The average molecular weight is 389 g/mol. The van der Waals surface area contributed by atoms with Gasteiger partial charge in [0.1, 0.15) is 0 Å². The van der Waals surface area contributed by atoms with E-state index in [0.717, 1.165) is 0 Å². The smallest absolute Gasteiger partial charge is 0.334 e. The topological polar surface area (TPSA) is 95.5 Å². The van der Waals surface area contributed by atoms with Crippen LogP contribution in [0.4, 0.5) is 5.69 Å². The van der Waals surface area contributed by atoms with Gasteiger partial charge in [-0.25, -0.2) is 4.79 Å². The van der Waals surface area contributed by atoms with E-state index in [1.807, 2.05) is 0 Å². The van der Waals surface area contributed by atoms with Crippen molar-refractivity contribution in [2.45, 2.75) is 32.2 Å². The maximum Gasteiger partial charge on any atom is 0.334 e. The Bertz CT molecular complexity index is 851. The maximum atomic E-state index is 12.8. The highest BCUT2D eigenvalue weighted by atomic mass is 35.5. The van der Waals surface area contributed by atoms with E-state index in [4.69, 9.17) is 11.6 Å². The van der Waals surface area contributed by atoms with Crippen LogP contribution in [0.15, 0.2) is 48.5 Å². The van der Waals surface area contributed by atoms with Crippen LogP contribution < -0.4 is 10.6 Å². The van der Waals surface area contributed by atoms with Crippen LogP contribution in [0.5, 0.6) is 0 Å². The number of anilines is 1. The Labute approximate surface area is 162 Å². The first-order chi connectivity index (χ1) is 12.8. The highest BCUT2D eigenvalue weighted by Gasteiger charge is 2.40. The molecule has 0 aromatic heterocycles. The number of halogens is 1. The van der Waals surface area contributed by atoms with Gasteiger partial charge in [0.05, 0.1) is 0 Å². The van der Waals surface area contributed by atoms with Crippen molar-refractivity contribution in [3.8, 4) is 0 Å². The summed E-state index contributed by atoms with van der Waals surface area (Å²) in [5.74, 6) is -1.90. The van der Waals surface area contributed by atoms with E-state index in [-0.39, 0.29) is 17.9 Å². The van der Waals surface area contributed by atoms with Gasteiger partial charge in [0.2, 0.25) is 5.91 Å². The van der Waals surface area contributed by atoms with Crippen LogP contribution in [-0.2, 0) is 15.1 Å². The van der Waals surface area contributed by atoms with Crippen molar-refractivity contribution in [1.29, 1.82) is 0 Å². The summed E-state index contributed by atoms with van der Waals surface area (Å²) in [6.45, 7) is 3.40. The Balaban J connectivity index is 2.34. The third-order valence-electron chi connectivity index (χ3n) is 4.29. The summed E-state index contributed by atoms with van der Waals surface area (Å²) >= 11 is 5.89. The Morgan fingerprint density at radius 3 is 2.30 bits per heavy atom. The van der Waals surface area contributed by atoms with Crippen LogP contribution >= 0.6 is 11.6 Å². The number of amides is 2. The van der Waals surface area contributed by atoms with Gasteiger partial charge < -0.3 is 15.7 Å². The van der Waals surface area contributed by atoms with Crippen molar-refractivity contribution in [1.82, 2.24) is 5.32 Å². The molecule has 7 heteroatoms. The fourth-order valence-electron chi connectivity index (χ4n) is 2.68. The molecule has 0 aliphatic rings. The minimum absolute atomic E-state index is 0.141. The Hall–Kier alpha value is -2.86. The summed E-state index contributed by atoms with van der Waals surface area (Å²) in [6, 6.07) is 12.7. The van der Waals surface area contributed by atoms with E-state index in [0.29, 0.717) is 22.7 Å². The molecule has 3 N–H and O–H groups in total. The fraction of sp³-hybridized carbons (Fsp3) is 0.250. The number of hydrogen-bond acceptors (Lipinski definition) is 3. The van der Waals surface area contributed by atoms with Crippen LogP contribution in [0.25, 0.3) is 0 Å². The summed E-state index contributed by atoms with van der Waals surface area (Å²) in [7, 11) is 0. The van der Waals surface area contributed by atoms with Gasteiger partial charge >= 0.3 is 5.97 Å². The zero-order chi connectivity index (χ0) is 20.0. The second-order valence-corrected chi connectivity index (χ2v) is 6.44. The Morgan fingerprint density at radius 1 is 1.07 bits per heavy atom. The number of benzene rings is 2. The summed E-state index contributed by atoms with van der Waals surface area (Å²) in [5.41, 5.74) is -0.453.